The third kappa shape index (κ3) is 7.26. The number of aliphatic hydroxyl groups is 1. The standard InChI is InChI=1S/C27H32N4O5/c28-24(29)9-3-1-2-6-19(33)14-17-10-12-18(13-11-17)15-23(27(35)36)31-26(34)25-21(16-32)20-7-4-5-8-22(20)30-25/h4-5,7-8,10-13,23,30,32H,1-3,6,9,14-16H2,(H3,28,29)(H,31,34)(H,35,36)/t23-/m0/s1. The quantitative estimate of drug-likeness (QED) is 0.115. The van der Waals surface area contributed by atoms with Gasteiger partial charge in [0.25, 0.3) is 5.91 Å². The molecule has 1 atom stereocenters. The van der Waals surface area contributed by atoms with E-state index in [1.165, 1.54) is 0 Å². The van der Waals surface area contributed by atoms with Crippen LogP contribution in [0.2, 0.25) is 0 Å². The molecule has 3 rings (SSSR count). The SMILES string of the molecule is N=C(N)CCCCCC(=O)Cc1ccc(C[C@H](NC(=O)c2[nH]c3ccccc3c2CO)C(=O)O)cc1. The number of carbonyl (C=O) groups excluding carboxylic acids is 2. The summed E-state index contributed by atoms with van der Waals surface area (Å²) in [4.78, 5) is 39.9. The number of hydrogen-bond donors (Lipinski definition) is 6. The molecule has 190 valence electrons. The maximum absolute atomic E-state index is 12.9. The van der Waals surface area contributed by atoms with Gasteiger partial charge in [-0.1, -0.05) is 48.9 Å². The fraction of sp³-hybridized carbons (Fsp3) is 0.333. The number of aliphatic carboxylic acids is 1. The van der Waals surface area contributed by atoms with E-state index in [0.717, 1.165) is 24.8 Å². The van der Waals surface area contributed by atoms with Crippen LogP contribution in [0.15, 0.2) is 48.5 Å². The van der Waals surface area contributed by atoms with Gasteiger partial charge in [0.2, 0.25) is 0 Å². The minimum Gasteiger partial charge on any atom is -0.480 e. The maximum atomic E-state index is 12.9. The summed E-state index contributed by atoms with van der Waals surface area (Å²) in [6.45, 7) is -0.358. The summed E-state index contributed by atoms with van der Waals surface area (Å²) in [5.74, 6) is -1.49. The number of Topliss-reactive ketones (excluding diaryl/α,β-unsaturated/α-hetero) is 1. The van der Waals surface area contributed by atoms with Crippen molar-refractivity contribution < 1.29 is 24.6 Å². The van der Waals surface area contributed by atoms with Gasteiger partial charge in [-0.3, -0.25) is 15.0 Å². The van der Waals surface area contributed by atoms with Gasteiger partial charge in [-0.15, -0.1) is 0 Å². The van der Waals surface area contributed by atoms with E-state index in [4.69, 9.17) is 11.1 Å². The summed E-state index contributed by atoms with van der Waals surface area (Å²) in [7, 11) is 0. The lowest BCUT2D eigenvalue weighted by Gasteiger charge is -2.15. The fourth-order valence-electron chi connectivity index (χ4n) is 4.15. The number of amidine groups is 1. The highest BCUT2D eigenvalue weighted by Crippen LogP contribution is 2.22. The number of carbonyl (C=O) groups is 3. The number of fused-ring (bicyclic) bond motifs is 1. The van der Waals surface area contributed by atoms with Gasteiger partial charge in [0, 0.05) is 42.1 Å². The summed E-state index contributed by atoms with van der Waals surface area (Å²) in [6.07, 6.45) is 3.81. The summed E-state index contributed by atoms with van der Waals surface area (Å²) < 4.78 is 0. The van der Waals surface area contributed by atoms with Crippen LogP contribution in [-0.4, -0.2) is 44.7 Å². The van der Waals surface area contributed by atoms with E-state index in [9.17, 15) is 24.6 Å². The average Bonchev–Trinajstić information content (AvgIpc) is 3.23. The number of nitrogens with two attached hydrogens (primary N) is 1. The molecule has 1 aromatic heterocycles. The average molecular weight is 493 g/mol. The van der Waals surface area contributed by atoms with Crippen LogP contribution >= 0.6 is 0 Å². The largest absolute Gasteiger partial charge is 0.480 e. The number of aromatic amines is 1. The predicted molar refractivity (Wildman–Crippen MR) is 137 cm³/mol. The second-order valence-corrected chi connectivity index (χ2v) is 8.87. The molecule has 9 nitrogen and oxygen atoms in total. The van der Waals surface area contributed by atoms with E-state index < -0.39 is 17.9 Å². The summed E-state index contributed by atoms with van der Waals surface area (Å²) in [5, 5.41) is 29.9. The minimum atomic E-state index is -1.17. The van der Waals surface area contributed by atoms with Gasteiger partial charge < -0.3 is 26.2 Å². The van der Waals surface area contributed by atoms with Crippen molar-refractivity contribution in [1.29, 1.82) is 5.41 Å². The van der Waals surface area contributed by atoms with Crippen LogP contribution in [0.4, 0.5) is 0 Å². The third-order valence-electron chi connectivity index (χ3n) is 6.07. The number of rotatable bonds is 14. The van der Waals surface area contributed by atoms with Crippen molar-refractivity contribution in [3.63, 3.8) is 0 Å². The molecule has 0 saturated carbocycles. The molecule has 1 amide bonds. The molecule has 0 spiro atoms. The number of ketones is 1. The molecular formula is C27H32N4O5. The number of aliphatic hydroxyl groups excluding tert-OH is 1. The minimum absolute atomic E-state index is 0.0696. The Bertz CT molecular complexity index is 1230. The topological polar surface area (TPSA) is 169 Å². The molecule has 0 radical (unpaired) electrons. The molecule has 2 aromatic carbocycles. The monoisotopic (exact) mass is 492 g/mol. The van der Waals surface area contributed by atoms with Crippen molar-refractivity contribution in [3.05, 3.63) is 70.9 Å². The van der Waals surface area contributed by atoms with Gasteiger partial charge in [-0.05, 0) is 30.0 Å². The highest BCUT2D eigenvalue weighted by atomic mass is 16.4. The lowest BCUT2D eigenvalue weighted by molar-refractivity contribution is -0.139. The molecular weight excluding hydrogens is 460 g/mol. The highest BCUT2D eigenvalue weighted by Gasteiger charge is 2.24. The van der Waals surface area contributed by atoms with Gasteiger partial charge in [0.1, 0.15) is 17.5 Å². The van der Waals surface area contributed by atoms with E-state index in [1.54, 1.807) is 48.5 Å². The lowest BCUT2D eigenvalue weighted by Crippen LogP contribution is -2.42. The molecule has 0 saturated heterocycles. The number of unbranched alkanes of at least 4 members (excludes halogenated alkanes) is 2. The molecule has 0 aliphatic rings. The van der Waals surface area contributed by atoms with Crippen molar-refractivity contribution in [2.24, 2.45) is 5.73 Å². The second-order valence-electron chi connectivity index (χ2n) is 8.87. The van der Waals surface area contributed by atoms with Crippen LogP contribution in [0, 0.1) is 5.41 Å². The normalized spacial score (nSPS) is 11.8. The number of para-hydroxylation sites is 1. The first-order valence-corrected chi connectivity index (χ1v) is 11.9. The molecule has 3 aromatic rings. The van der Waals surface area contributed by atoms with Gasteiger partial charge in [0.15, 0.2) is 0 Å². The van der Waals surface area contributed by atoms with E-state index >= 15 is 0 Å². The van der Waals surface area contributed by atoms with E-state index in [2.05, 4.69) is 10.3 Å². The van der Waals surface area contributed by atoms with Gasteiger partial charge in [-0.2, -0.15) is 0 Å². The number of H-pyrrole nitrogens is 1. The molecule has 0 unspecified atom stereocenters. The maximum Gasteiger partial charge on any atom is 0.326 e. The molecule has 7 N–H and O–H groups in total. The first kappa shape index (κ1) is 26.6. The van der Waals surface area contributed by atoms with Gasteiger partial charge in [0.05, 0.1) is 12.4 Å². The van der Waals surface area contributed by atoms with Crippen molar-refractivity contribution in [2.45, 2.75) is 57.6 Å². The van der Waals surface area contributed by atoms with Crippen LogP contribution < -0.4 is 11.1 Å². The molecule has 0 fully saturated rings. The van der Waals surface area contributed by atoms with E-state index in [0.29, 0.717) is 41.3 Å². The van der Waals surface area contributed by atoms with Crippen LogP contribution in [0.5, 0.6) is 0 Å². The second kappa shape index (κ2) is 12.6. The first-order chi connectivity index (χ1) is 17.3. The van der Waals surface area contributed by atoms with E-state index in [1.807, 2.05) is 0 Å². The van der Waals surface area contributed by atoms with Crippen LogP contribution in [0.25, 0.3) is 10.9 Å². The molecule has 36 heavy (non-hydrogen) atoms. The zero-order valence-electron chi connectivity index (χ0n) is 20.0. The Balaban J connectivity index is 1.57. The lowest BCUT2D eigenvalue weighted by atomic mass is 10.00. The van der Waals surface area contributed by atoms with Crippen molar-refractivity contribution >= 4 is 34.4 Å². The molecule has 0 bridgehead atoms. The number of aromatic nitrogens is 1. The number of benzene rings is 2. The first-order valence-electron chi connectivity index (χ1n) is 11.9. The fourth-order valence-corrected chi connectivity index (χ4v) is 4.15. The molecule has 0 aliphatic carbocycles. The van der Waals surface area contributed by atoms with E-state index in [-0.39, 0.29) is 30.3 Å². The zero-order valence-corrected chi connectivity index (χ0v) is 20.0. The summed E-state index contributed by atoms with van der Waals surface area (Å²) >= 11 is 0. The number of nitrogens with one attached hydrogen (secondary N) is 3. The van der Waals surface area contributed by atoms with Gasteiger partial charge in [-0.25, -0.2) is 4.79 Å². The van der Waals surface area contributed by atoms with Crippen LogP contribution in [-0.2, 0) is 29.0 Å². The van der Waals surface area contributed by atoms with Gasteiger partial charge >= 0.3 is 5.97 Å². The Morgan fingerprint density at radius 1 is 0.972 bits per heavy atom. The number of hydrogen-bond acceptors (Lipinski definition) is 5. The van der Waals surface area contributed by atoms with Crippen molar-refractivity contribution in [2.75, 3.05) is 0 Å². The molecule has 0 aliphatic heterocycles. The smallest absolute Gasteiger partial charge is 0.326 e. The Hall–Kier alpha value is -3.98. The van der Waals surface area contributed by atoms with Crippen molar-refractivity contribution in [1.82, 2.24) is 10.3 Å². The number of amides is 1. The number of carboxylic acid groups (broad SMARTS) is 1. The third-order valence-corrected chi connectivity index (χ3v) is 6.07. The van der Waals surface area contributed by atoms with Crippen molar-refractivity contribution in [3.8, 4) is 0 Å². The Morgan fingerprint density at radius 2 is 1.64 bits per heavy atom. The Morgan fingerprint density at radius 3 is 2.31 bits per heavy atom. The summed E-state index contributed by atoms with van der Waals surface area (Å²) in [5.41, 5.74) is 8.11. The van der Waals surface area contributed by atoms with Crippen LogP contribution in [0.3, 0.4) is 0 Å². The molecule has 9 heteroatoms. The zero-order chi connectivity index (χ0) is 26.1. The highest BCUT2D eigenvalue weighted by molar-refractivity contribution is 6.02. The molecule has 1 heterocycles. The number of carboxylic acids is 1. The Labute approximate surface area is 209 Å². The van der Waals surface area contributed by atoms with Crippen LogP contribution in [0.1, 0.15) is 59.3 Å². The summed E-state index contributed by atoms with van der Waals surface area (Å²) in [6, 6.07) is 13.1. The Kier molecular flexibility index (Phi) is 9.35. The predicted octanol–water partition coefficient (Wildman–Crippen LogP) is 3.08.